The Labute approximate surface area is 144 Å². The highest BCUT2D eigenvalue weighted by atomic mass is 32.2. The molecule has 1 aromatic rings. The molecule has 1 amide bonds. The summed E-state index contributed by atoms with van der Waals surface area (Å²) in [5, 5.41) is 5.56. The quantitative estimate of drug-likeness (QED) is 0.591. The molecule has 1 atom stereocenters. The van der Waals surface area contributed by atoms with Gasteiger partial charge in [-0.15, -0.1) is 13.2 Å². The maximum absolute atomic E-state index is 12.1. The molecule has 0 aliphatic carbocycles. The number of likely N-dealkylation sites (N-methyl/N-ethyl adjacent to an activating group) is 1. The van der Waals surface area contributed by atoms with Crippen LogP contribution in [0.3, 0.4) is 0 Å². The molecule has 0 saturated heterocycles. The van der Waals surface area contributed by atoms with E-state index in [1.165, 1.54) is 0 Å². The number of alkyl halides is 3. The Morgan fingerprint density at radius 3 is 2.36 bits per heavy atom. The molecular weight excluding hydrogens is 363 g/mol. The van der Waals surface area contributed by atoms with Gasteiger partial charge in [-0.3, -0.25) is 4.79 Å². The van der Waals surface area contributed by atoms with Crippen molar-refractivity contribution in [3.05, 3.63) is 24.3 Å². The van der Waals surface area contributed by atoms with Crippen LogP contribution in [0, 0.1) is 0 Å². The molecule has 0 radical (unpaired) electrons. The van der Waals surface area contributed by atoms with E-state index in [2.05, 4.69) is 20.1 Å². The minimum absolute atomic E-state index is 0.0646. The molecule has 11 heteroatoms. The molecule has 142 valence electrons. The highest BCUT2D eigenvalue weighted by Crippen LogP contribution is 2.23. The van der Waals surface area contributed by atoms with Gasteiger partial charge in [-0.25, -0.2) is 13.1 Å². The van der Waals surface area contributed by atoms with Crippen molar-refractivity contribution < 1.29 is 31.1 Å². The van der Waals surface area contributed by atoms with E-state index in [-0.39, 0.29) is 29.8 Å². The molecule has 0 saturated carbocycles. The number of ether oxygens (including phenoxy) is 1. The van der Waals surface area contributed by atoms with Crippen molar-refractivity contribution in [2.45, 2.75) is 30.6 Å². The van der Waals surface area contributed by atoms with Crippen LogP contribution in [0.1, 0.15) is 13.3 Å². The predicted molar refractivity (Wildman–Crippen MR) is 84.5 cm³/mol. The zero-order valence-electron chi connectivity index (χ0n) is 13.7. The summed E-state index contributed by atoms with van der Waals surface area (Å²) >= 11 is 0. The van der Waals surface area contributed by atoms with Crippen LogP contribution < -0.4 is 20.1 Å². The summed E-state index contributed by atoms with van der Waals surface area (Å²) in [5.74, 6) is -0.844. The van der Waals surface area contributed by atoms with Crippen LogP contribution in [-0.4, -0.2) is 46.9 Å². The average molecular weight is 383 g/mol. The first-order chi connectivity index (χ1) is 11.5. The van der Waals surface area contributed by atoms with Gasteiger partial charge < -0.3 is 15.4 Å². The fourth-order valence-electron chi connectivity index (χ4n) is 1.66. The van der Waals surface area contributed by atoms with Crippen LogP contribution in [0.5, 0.6) is 5.75 Å². The molecule has 0 heterocycles. The second-order valence-electron chi connectivity index (χ2n) is 5.16. The SMILES string of the molecule is CNC(C)CNC(=O)CCNS(=O)(=O)c1ccc(OC(F)(F)F)cc1. The molecule has 0 aliphatic heterocycles. The normalized spacial score (nSPS) is 13.3. The average Bonchev–Trinajstić information content (AvgIpc) is 2.51. The van der Waals surface area contributed by atoms with Crippen LogP contribution in [0.15, 0.2) is 29.2 Å². The van der Waals surface area contributed by atoms with E-state index in [1.807, 2.05) is 6.92 Å². The standard InChI is InChI=1S/C14H20F3N3O4S/c1-10(18-2)9-19-13(21)7-8-20-25(22,23)12-5-3-11(4-6-12)24-14(15,16)17/h3-6,10,18,20H,7-9H2,1-2H3,(H,19,21). The first-order valence-corrected chi connectivity index (χ1v) is 8.81. The topological polar surface area (TPSA) is 96.5 Å². The number of sulfonamides is 1. The molecule has 1 rings (SSSR count). The highest BCUT2D eigenvalue weighted by molar-refractivity contribution is 7.89. The number of hydrogen-bond acceptors (Lipinski definition) is 5. The Kier molecular flexibility index (Phi) is 7.64. The zero-order chi connectivity index (χ0) is 19.1. The van der Waals surface area contributed by atoms with Crippen LogP contribution >= 0.6 is 0 Å². The third kappa shape index (κ3) is 8.18. The molecule has 3 N–H and O–H groups in total. The number of hydrogen-bond donors (Lipinski definition) is 3. The molecule has 0 aliphatic rings. The van der Waals surface area contributed by atoms with Crippen LogP contribution in [0.2, 0.25) is 0 Å². The van der Waals surface area contributed by atoms with Gasteiger partial charge in [0.2, 0.25) is 15.9 Å². The number of carbonyl (C=O) groups excluding carboxylic acids is 1. The molecule has 0 bridgehead atoms. The number of benzene rings is 1. The Bertz CT molecular complexity index is 663. The smallest absolute Gasteiger partial charge is 0.406 e. The Morgan fingerprint density at radius 2 is 1.84 bits per heavy atom. The molecule has 7 nitrogen and oxygen atoms in total. The second kappa shape index (κ2) is 9.02. The lowest BCUT2D eigenvalue weighted by molar-refractivity contribution is -0.274. The molecule has 0 fully saturated rings. The summed E-state index contributed by atoms with van der Waals surface area (Å²) < 4.78 is 66.1. The second-order valence-corrected chi connectivity index (χ2v) is 6.93. The lowest BCUT2D eigenvalue weighted by atomic mass is 10.3. The van der Waals surface area contributed by atoms with Crippen molar-refractivity contribution >= 4 is 15.9 Å². The van der Waals surface area contributed by atoms with Crippen molar-refractivity contribution in [1.29, 1.82) is 0 Å². The van der Waals surface area contributed by atoms with Gasteiger partial charge >= 0.3 is 6.36 Å². The van der Waals surface area contributed by atoms with Crippen LogP contribution in [-0.2, 0) is 14.8 Å². The van der Waals surface area contributed by atoms with Crippen LogP contribution in [0.4, 0.5) is 13.2 Å². The summed E-state index contributed by atoms with van der Waals surface area (Å²) in [6, 6.07) is 3.84. The third-order valence-electron chi connectivity index (χ3n) is 3.11. The predicted octanol–water partition coefficient (Wildman–Crippen LogP) is 0.978. The van der Waals surface area contributed by atoms with Gasteiger partial charge in [-0.1, -0.05) is 0 Å². The third-order valence-corrected chi connectivity index (χ3v) is 4.59. The van der Waals surface area contributed by atoms with Gasteiger partial charge in [0.1, 0.15) is 5.75 Å². The number of amides is 1. The lowest BCUT2D eigenvalue weighted by Gasteiger charge is -2.12. The summed E-state index contributed by atoms with van der Waals surface area (Å²) in [6.45, 7) is 2.14. The fraction of sp³-hybridized carbons (Fsp3) is 0.500. The lowest BCUT2D eigenvalue weighted by Crippen LogP contribution is -2.38. The zero-order valence-corrected chi connectivity index (χ0v) is 14.5. The van der Waals surface area contributed by atoms with Gasteiger partial charge in [-0.2, -0.15) is 0 Å². The van der Waals surface area contributed by atoms with E-state index in [0.29, 0.717) is 6.54 Å². The number of carbonyl (C=O) groups is 1. The molecule has 0 spiro atoms. The summed E-state index contributed by atoms with van der Waals surface area (Å²) in [4.78, 5) is 11.3. The monoisotopic (exact) mass is 383 g/mol. The molecular formula is C14H20F3N3O4S. The van der Waals surface area contributed by atoms with E-state index in [4.69, 9.17) is 0 Å². The van der Waals surface area contributed by atoms with Gasteiger partial charge in [0.05, 0.1) is 4.90 Å². The van der Waals surface area contributed by atoms with Crippen molar-refractivity contribution in [1.82, 2.24) is 15.4 Å². The van der Waals surface area contributed by atoms with E-state index in [9.17, 15) is 26.4 Å². The molecule has 25 heavy (non-hydrogen) atoms. The number of halogens is 3. The summed E-state index contributed by atoms with van der Waals surface area (Å²) in [5.41, 5.74) is 0. The van der Waals surface area contributed by atoms with Crippen molar-refractivity contribution in [3.8, 4) is 5.75 Å². The van der Waals surface area contributed by atoms with Crippen molar-refractivity contribution in [3.63, 3.8) is 0 Å². The molecule has 0 aromatic heterocycles. The highest BCUT2D eigenvalue weighted by Gasteiger charge is 2.31. The van der Waals surface area contributed by atoms with Crippen molar-refractivity contribution in [2.24, 2.45) is 0 Å². The van der Waals surface area contributed by atoms with E-state index < -0.39 is 22.1 Å². The van der Waals surface area contributed by atoms with Gasteiger partial charge in [0, 0.05) is 25.6 Å². The van der Waals surface area contributed by atoms with Crippen molar-refractivity contribution in [2.75, 3.05) is 20.1 Å². The van der Waals surface area contributed by atoms with Crippen LogP contribution in [0.25, 0.3) is 0 Å². The Balaban J connectivity index is 2.51. The molecule has 1 unspecified atom stereocenters. The summed E-state index contributed by atoms with van der Waals surface area (Å²) in [7, 11) is -2.19. The van der Waals surface area contributed by atoms with E-state index in [1.54, 1.807) is 7.05 Å². The Morgan fingerprint density at radius 1 is 1.24 bits per heavy atom. The first-order valence-electron chi connectivity index (χ1n) is 7.33. The van der Waals surface area contributed by atoms with Gasteiger partial charge in [0.15, 0.2) is 0 Å². The number of rotatable bonds is 9. The van der Waals surface area contributed by atoms with E-state index in [0.717, 1.165) is 24.3 Å². The van der Waals surface area contributed by atoms with Gasteiger partial charge in [-0.05, 0) is 38.2 Å². The molecule has 1 aromatic carbocycles. The van der Waals surface area contributed by atoms with Gasteiger partial charge in [0.25, 0.3) is 0 Å². The maximum Gasteiger partial charge on any atom is 0.573 e. The fourth-order valence-corrected chi connectivity index (χ4v) is 2.69. The minimum atomic E-state index is -4.85. The maximum atomic E-state index is 12.1. The Hall–Kier alpha value is -1.85. The van der Waals surface area contributed by atoms with E-state index >= 15 is 0 Å². The first kappa shape index (κ1) is 21.2. The largest absolute Gasteiger partial charge is 0.573 e. The number of nitrogens with one attached hydrogen (secondary N) is 3. The summed E-state index contributed by atoms with van der Waals surface area (Å²) in [6.07, 6.45) is -4.91. The minimum Gasteiger partial charge on any atom is -0.406 e.